The zero-order chi connectivity index (χ0) is 20.0. The highest BCUT2D eigenvalue weighted by Crippen LogP contribution is 2.52. The van der Waals surface area contributed by atoms with Crippen molar-refractivity contribution in [3.63, 3.8) is 0 Å². The van der Waals surface area contributed by atoms with Gasteiger partial charge in [-0.15, -0.1) is 0 Å². The van der Waals surface area contributed by atoms with E-state index in [9.17, 15) is 14.4 Å². The van der Waals surface area contributed by atoms with Gasteiger partial charge in [0.25, 0.3) is 0 Å². The molecule has 2 fully saturated rings. The molecule has 6 nitrogen and oxygen atoms in total. The van der Waals surface area contributed by atoms with E-state index < -0.39 is 6.04 Å². The Labute approximate surface area is 164 Å². The van der Waals surface area contributed by atoms with E-state index in [4.69, 9.17) is 4.74 Å². The fourth-order valence-electron chi connectivity index (χ4n) is 4.76. The third-order valence-electron chi connectivity index (χ3n) is 6.01. The molecule has 148 valence electrons. The van der Waals surface area contributed by atoms with E-state index in [0.717, 1.165) is 17.7 Å². The Bertz CT molecular complexity index is 817. The number of ether oxygens (including phenoxy) is 1. The second-order valence-corrected chi connectivity index (χ2v) is 8.25. The third-order valence-corrected chi connectivity index (χ3v) is 6.01. The van der Waals surface area contributed by atoms with Gasteiger partial charge in [-0.2, -0.15) is 0 Å². The van der Waals surface area contributed by atoms with Crippen molar-refractivity contribution in [1.29, 1.82) is 0 Å². The van der Waals surface area contributed by atoms with Crippen LogP contribution in [-0.2, 0) is 20.9 Å². The summed E-state index contributed by atoms with van der Waals surface area (Å²) in [6.45, 7) is 5.85. The Hall–Kier alpha value is -2.63. The number of amides is 3. The van der Waals surface area contributed by atoms with E-state index >= 15 is 0 Å². The lowest BCUT2D eigenvalue weighted by atomic mass is 9.85. The first kappa shape index (κ1) is 18.7. The molecule has 5 atom stereocenters. The molecule has 3 aliphatic rings. The number of imide groups is 1. The Morgan fingerprint density at radius 2 is 1.79 bits per heavy atom. The maximum Gasteiger partial charge on any atom is 0.243 e. The van der Waals surface area contributed by atoms with Crippen molar-refractivity contribution in [2.45, 2.75) is 45.9 Å². The number of hydrogen-bond acceptors (Lipinski definition) is 4. The van der Waals surface area contributed by atoms with Gasteiger partial charge in [0, 0.05) is 6.54 Å². The van der Waals surface area contributed by atoms with E-state index in [-0.39, 0.29) is 47.5 Å². The second kappa shape index (κ2) is 7.08. The number of likely N-dealkylation sites (tertiary alicyclic amines) is 1. The molecule has 4 rings (SSSR count). The molecule has 2 aliphatic carbocycles. The fraction of sp³-hybridized carbons (Fsp3) is 0.500. The molecule has 0 spiro atoms. The molecular weight excluding hydrogens is 356 g/mol. The fourth-order valence-corrected chi connectivity index (χ4v) is 4.76. The maximum atomic E-state index is 12.8. The number of nitrogens with one attached hydrogen (secondary N) is 1. The number of hydrogen-bond donors (Lipinski definition) is 1. The normalized spacial score (nSPS) is 28.8. The first-order valence-corrected chi connectivity index (χ1v) is 9.95. The maximum absolute atomic E-state index is 12.8. The van der Waals surface area contributed by atoms with Gasteiger partial charge >= 0.3 is 0 Å². The molecule has 0 unspecified atom stereocenters. The van der Waals surface area contributed by atoms with Crippen LogP contribution >= 0.6 is 0 Å². The van der Waals surface area contributed by atoms with Gasteiger partial charge in [-0.25, -0.2) is 0 Å². The molecule has 1 heterocycles. The van der Waals surface area contributed by atoms with Crippen LogP contribution < -0.4 is 10.1 Å². The number of fused-ring (bicyclic) bond motifs is 5. The molecule has 1 N–H and O–H groups in total. The van der Waals surface area contributed by atoms with E-state index in [1.165, 1.54) is 4.90 Å². The Kier molecular flexibility index (Phi) is 4.73. The quantitative estimate of drug-likeness (QED) is 0.605. The molecule has 1 aromatic carbocycles. The van der Waals surface area contributed by atoms with Gasteiger partial charge in [-0.3, -0.25) is 19.3 Å². The van der Waals surface area contributed by atoms with Crippen LogP contribution in [0.3, 0.4) is 0 Å². The third kappa shape index (κ3) is 3.11. The predicted molar refractivity (Wildman–Crippen MR) is 103 cm³/mol. The summed E-state index contributed by atoms with van der Waals surface area (Å²) in [6.07, 6.45) is 5.06. The standard InChI is InChI=1S/C22H26N2O4/c1-12(2)28-17-6-4-5-14(9-17)11-23-20(25)13(3)24-21(26)18-15-7-8-16(10-15)19(18)22(24)27/h4-9,12-13,15-16,18-19H,10-11H2,1-3H3,(H,23,25)/t13-,15-,16-,18+,19+/m0/s1. The number of allylic oxidation sites excluding steroid dienone is 2. The summed E-state index contributed by atoms with van der Waals surface area (Å²) < 4.78 is 5.67. The van der Waals surface area contributed by atoms with Gasteiger partial charge in [0.05, 0.1) is 17.9 Å². The highest BCUT2D eigenvalue weighted by atomic mass is 16.5. The summed E-state index contributed by atoms with van der Waals surface area (Å²) in [5, 5.41) is 2.84. The summed E-state index contributed by atoms with van der Waals surface area (Å²) >= 11 is 0. The van der Waals surface area contributed by atoms with Crippen LogP contribution in [0.1, 0.15) is 32.8 Å². The minimum Gasteiger partial charge on any atom is -0.491 e. The van der Waals surface area contributed by atoms with Gasteiger partial charge < -0.3 is 10.1 Å². The minimum absolute atomic E-state index is 0.0706. The molecule has 28 heavy (non-hydrogen) atoms. The van der Waals surface area contributed by atoms with Crippen LogP contribution in [0, 0.1) is 23.7 Å². The van der Waals surface area contributed by atoms with Crippen LogP contribution in [0.4, 0.5) is 0 Å². The van der Waals surface area contributed by atoms with Crippen LogP contribution in [0.2, 0.25) is 0 Å². The smallest absolute Gasteiger partial charge is 0.243 e. The van der Waals surface area contributed by atoms with Crippen LogP contribution in [0.25, 0.3) is 0 Å². The first-order valence-electron chi connectivity index (χ1n) is 9.95. The van der Waals surface area contributed by atoms with Crippen LogP contribution in [0.5, 0.6) is 5.75 Å². The van der Waals surface area contributed by atoms with Crippen molar-refractivity contribution in [3.05, 3.63) is 42.0 Å². The summed E-state index contributed by atoms with van der Waals surface area (Å²) in [4.78, 5) is 39.5. The zero-order valence-electron chi connectivity index (χ0n) is 16.4. The lowest BCUT2D eigenvalue weighted by molar-refractivity contribution is -0.148. The largest absolute Gasteiger partial charge is 0.491 e. The van der Waals surface area contributed by atoms with E-state index in [1.54, 1.807) is 6.92 Å². The lowest BCUT2D eigenvalue weighted by Crippen LogP contribution is -2.48. The molecule has 0 aromatic heterocycles. The van der Waals surface area contributed by atoms with E-state index in [0.29, 0.717) is 6.54 Å². The van der Waals surface area contributed by atoms with Gasteiger partial charge in [-0.1, -0.05) is 24.3 Å². The summed E-state index contributed by atoms with van der Waals surface area (Å²) in [5.41, 5.74) is 0.900. The van der Waals surface area contributed by atoms with E-state index in [1.807, 2.05) is 38.1 Å². The summed E-state index contributed by atoms with van der Waals surface area (Å²) in [5.74, 6) is -0.215. The Balaban J connectivity index is 1.39. The summed E-state index contributed by atoms with van der Waals surface area (Å²) in [7, 11) is 0. The van der Waals surface area contributed by atoms with Crippen molar-refractivity contribution in [3.8, 4) is 5.75 Å². The number of carbonyl (C=O) groups excluding carboxylic acids is 3. The molecular formula is C22H26N2O4. The van der Waals surface area contributed by atoms with Crippen LogP contribution in [-0.4, -0.2) is 34.8 Å². The van der Waals surface area contributed by atoms with Crippen molar-refractivity contribution < 1.29 is 19.1 Å². The van der Waals surface area contributed by atoms with Crippen molar-refractivity contribution >= 4 is 17.7 Å². The SMILES string of the molecule is CC(C)Oc1cccc(CNC(=O)[C@H](C)N2C(=O)[C@H]3[C@H](C2=O)[C@H]2C=C[C@H]3C2)c1. The molecule has 2 bridgehead atoms. The highest BCUT2D eigenvalue weighted by molar-refractivity contribution is 6.09. The molecule has 3 amide bonds. The molecule has 1 aromatic rings. The average molecular weight is 382 g/mol. The lowest BCUT2D eigenvalue weighted by Gasteiger charge is -2.24. The number of benzene rings is 1. The van der Waals surface area contributed by atoms with Crippen LogP contribution in [0.15, 0.2) is 36.4 Å². The van der Waals surface area contributed by atoms with Gasteiger partial charge in [0.15, 0.2) is 0 Å². The molecule has 1 saturated heterocycles. The minimum atomic E-state index is -0.805. The molecule has 1 saturated carbocycles. The zero-order valence-corrected chi connectivity index (χ0v) is 16.4. The van der Waals surface area contributed by atoms with Gasteiger partial charge in [-0.05, 0) is 56.7 Å². The van der Waals surface area contributed by atoms with Gasteiger partial charge in [0.1, 0.15) is 11.8 Å². The Morgan fingerprint density at radius 3 is 2.39 bits per heavy atom. The molecule has 6 heteroatoms. The van der Waals surface area contributed by atoms with Crippen molar-refractivity contribution in [1.82, 2.24) is 10.2 Å². The highest BCUT2D eigenvalue weighted by Gasteiger charge is 2.60. The Morgan fingerprint density at radius 1 is 1.14 bits per heavy atom. The topological polar surface area (TPSA) is 75.7 Å². The van der Waals surface area contributed by atoms with Gasteiger partial charge in [0.2, 0.25) is 17.7 Å². The second-order valence-electron chi connectivity index (χ2n) is 8.25. The van der Waals surface area contributed by atoms with Crippen molar-refractivity contribution in [2.75, 3.05) is 0 Å². The number of carbonyl (C=O) groups is 3. The molecule has 1 aliphatic heterocycles. The monoisotopic (exact) mass is 382 g/mol. The van der Waals surface area contributed by atoms with E-state index in [2.05, 4.69) is 17.5 Å². The average Bonchev–Trinajstić information content (AvgIpc) is 3.33. The summed E-state index contributed by atoms with van der Waals surface area (Å²) in [6, 6.07) is 6.72. The van der Waals surface area contributed by atoms with Crippen molar-refractivity contribution in [2.24, 2.45) is 23.7 Å². The first-order chi connectivity index (χ1) is 13.4. The predicted octanol–water partition coefficient (Wildman–Crippen LogP) is 2.29. The molecule has 0 radical (unpaired) electrons. The number of nitrogens with zero attached hydrogens (tertiary/aromatic N) is 1. The number of rotatable bonds is 6.